The van der Waals surface area contributed by atoms with Crippen molar-refractivity contribution in [2.75, 3.05) is 19.6 Å². The van der Waals surface area contributed by atoms with E-state index in [2.05, 4.69) is 10.2 Å². The third-order valence-electron chi connectivity index (χ3n) is 3.07. The first-order valence-corrected chi connectivity index (χ1v) is 4.95. The van der Waals surface area contributed by atoms with Crippen molar-refractivity contribution >= 4 is 5.97 Å². The van der Waals surface area contributed by atoms with Crippen LogP contribution >= 0.6 is 0 Å². The van der Waals surface area contributed by atoms with Crippen LogP contribution in [0.5, 0.6) is 0 Å². The molecule has 3 aliphatic rings. The van der Waals surface area contributed by atoms with Gasteiger partial charge in [0.05, 0.1) is 6.54 Å². The Hall–Kier alpha value is -0.610. The molecule has 4 nitrogen and oxygen atoms in total. The van der Waals surface area contributed by atoms with Gasteiger partial charge in [0.1, 0.15) is 0 Å². The van der Waals surface area contributed by atoms with Crippen molar-refractivity contribution in [2.24, 2.45) is 0 Å². The maximum absolute atomic E-state index is 10.6. The molecule has 4 heteroatoms. The molecule has 0 aromatic rings. The van der Waals surface area contributed by atoms with E-state index in [0.29, 0.717) is 12.1 Å². The van der Waals surface area contributed by atoms with Crippen LogP contribution in [0.15, 0.2) is 0 Å². The van der Waals surface area contributed by atoms with Gasteiger partial charge < -0.3 is 10.4 Å². The number of nitrogens with zero attached hydrogens (tertiary/aromatic N) is 1. The summed E-state index contributed by atoms with van der Waals surface area (Å²) in [4.78, 5) is 12.7. The van der Waals surface area contributed by atoms with Crippen LogP contribution in [0.1, 0.15) is 19.3 Å². The predicted molar refractivity (Wildman–Crippen MR) is 48.6 cm³/mol. The Kier molecular flexibility index (Phi) is 2.51. The van der Waals surface area contributed by atoms with E-state index in [0.717, 1.165) is 25.9 Å². The second kappa shape index (κ2) is 3.64. The minimum Gasteiger partial charge on any atom is -0.480 e. The lowest BCUT2D eigenvalue weighted by atomic mass is 9.99. The summed E-state index contributed by atoms with van der Waals surface area (Å²) in [6.45, 7) is 2.17. The normalized spacial score (nSPS) is 34.5. The fourth-order valence-electron chi connectivity index (χ4n) is 2.41. The number of nitrogens with one attached hydrogen (secondary N) is 1. The number of piperidine rings is 1. The van der Waals surface area contributed by atoms with Gasteiger partial charge in [0.25, 0.3) is 0 Å². The summed E-state index contributed by atoms with van der Waals surface area (Å²) in [5, 5.41) is 12.2. The van der Waals surface area contributed by atoms with E-state index in [1.54, 1.807) is 0 Å². The van der Waals surface area contributed by atoms with Gasteiger partial charge in [-0.3, -0.25) is 9.69 Å². The molecule has 0 aliphatic carbocycles. The lowest BCUT2D eigenvalue weighted by Crippen LogP contribution is -2.47. The highest BCUT2D eigenvalue weighted by Gasteiger charge is 2.31. The summed E-state index contributed by atoms with van der Waals surface area (Å²) in [6.07, 6.45) is 3.47. The molecule has 3 fully saturated rings. The number of aliphatic carboxylic acids is 1. The Bertz CT molecular complexity index is 204. The monoisotopic (exact) mass is 184 g/mol. The van der Waals surface area contributed by atoms with Crippen LogP contribution in [-0.2, 0) is 4.79 Å². The van der Waals surface area contributed by atoms with Gasteiger partial charge in [0, 0.05) is 18.6 Å². The summed E-state index contributed by atoms with van der Waals surface area (Å²) in [7, 11) is 0. The molecular weight excluding hydrogens is 168 g/mol. The molecule has 0 spiro atoms. The molecule has 2 bridgehead atoms. The topological polar surface area (TPSA) is 52.6 Å². The molecule has 2 unspecified atom stereocenters. The van der Waals surface area contributed by atoms with Crippen molar-refractivity contribution in [3.8, 4) is 0 Å². The number of carboxylic acids is 1. The van der Waals surface area contributed by atoms with E-state index in [1.807, 2.05) is 0 Å². The van der Waals surface area contributed by atoms with Crippen molar-refractivity contribution < 1.29 is 9.90 Å². The van der Waals surface area contributed by atoms with Gasteiger partial charge in [-0.2, -0.15) is 0 Å². The van der Waals surface area contributed by atoms with Crippen molar-refractivity contribution in [1.82, 2.24) is 10.2 Å². The van der Waals surface area contributed by atoms with Gasteiger partial charge in [0.15, 0.2) is 0 Å². The quantitative estimate of drug-likeness (QED) is 0.629. The molecule has 13 heavy (non-hydrogen) atoms. The van der Waals surface area contributed by atoms with Gasteiger partial charge in [-0.05, 0) is 25.8 Å². The van der Waals surface area contributed by atoms with E-state index >= 15 is 0 Å². The number of hydrogen-bond donors (Lipinski definition) is 2. The van der Waals surface area contributed by atoms with Crippen LogP contribution in [0, 0.1) is 0 Å². The van der Waals surface area contributed by atoms with Crippen LogP contribution in [0.25, 0.3) is 0 Å². The Morgan fingerprint density at radius 1 is 1.46 bits per heavy atom. The average Bonchev–Trinajstić information content (AvgIpc) is 2.36. The molecule has 2 N–H and O–H groups in total. The number of fused-ring (bicyclic) bond motifs is 4. The summed E-state index contributed by atoms with van der Waals surface area (Å²) in [5.74, 6) is -0.701. The largest absolute Gasteiger partial charge is 0.480 e. The zero-order valence-corrected chi connectivity index (χ0v) is 7.70. The molecule has 0 amide bonds. The van der Waals surface area contributed by atoms with Gasteiger partial charge in [-0.1, -0.05) is 0 Å². The fraction of sp³-hybridized carbons (Fsp3) is 0.889. The van der Waals surface area contributed by atoms with Crippen molar-refractivity contribution in [3.05, 3.63) is 0 Å². The maximum atomic E-state index is 10.6. The zero-order chi connectivity index (χ0) is 9.26. The molecule has 2 atom stereocenters. The van der Waals surface area contributed by atoms with E-state index in [-0.39, 0.29) is 6.54 Å². The summed E-state index contributed by atoms with van der Waals surface area (Å²) < 4.78 is 0. The van der Waals surface area contributed by atoms with Gasteiger partial charge in [0.2, 0.25) is 0 Å². The highest BCUT2D eigenvalue weighted by atomic mass is 16.4. The van der Waals surface area contributed by atoms with Crippen LogP contribution in [0.2, 0.25) is 0 Å². The first kappa shape index (κ1) is 8.97. The third-order valence-corrected chi connectivity index (χ3v) is 3.07. The molecular formula is C9H16N2O2. The second-order valence-electron chi connectivity index (χ2n) is 3.99. The van der Waals surface area contributed by atoms with E-state index < -0.39 is 5.97 Å². The lowest BCUT2D eigenvalue weighted by molar-refractivity contribution is -0.139. The van der Waals surface area contributed by atoms with Crippen LogP contribution < -0.4 is 5.32 Å². The predicted octanol–water partition coefficient (Wildman–Crippen LogP) is -0.103. The van der Waals surface area contributed by atoms with Crippen LogP contribution in [0.3, 0.4) is 0 Å². The molecule has 0 saturated carbocycles. The molecule has 3 rings (SSSR count). The fourth-order valence-corrected chi connectivity index (χ4v) is 2.41. The molecule has 3 heterocycles. The van der Waals surface area contributed by atoms with Crippen molar-refractivity contribution in [2.45, 2.75) is 31.3 Å². The molecule has 0 radical (unpaired) electrons. The minimum atomic E-state index is -0.701. The van der Waals surface area contributed by atoms with Gasteiger partial charge in [-0.15, -0.1) is 0 Å². The van der Waals surface area contributed by atoms with Crippen LogP contribution in [0.4, 0.5) is 0 Å². The van der Waals surface area contributed by atoms with E-state index in [4.69, 9.17) is 5.11 Å². The Labute approximate surface area is 77.9 Å². The van der Waals surface area contributed by atoms with Crippen molar-refractivity contribution in [3.63, 3.8) is 0 Å². The summed E-state index contributed by atoms with van der Waals surface area (Å²) in [6, 6.07) is 1.03. The molecule has 74 valence electrons. The number of rotatable bonds is 2. The Morgan fingerprint density at radius 2 is 2.31 bits per heavy atom. The lowest BCUT2D eigenvalue weighted by Gasteiger charge is -2.35. The highest BCUT2D eigenvalue weighted by Crippen LogP contribution is 2.22. The first-order chi connectivity index (χ1) is 6.25. The first-order valence-electron chi connectivity index (χ1n) is 4.95. The standard InChI is InChI=1S/C9H16N2O2/c12-9(13)6-11-5-7-1-2-8(11)3-4-10-7/h7-8,10H,1-6H2,(H,12,13). The SMILES string of the molecule is O=C(O)CN1CC2CCC1CCN2. The zero-order valence-electron chi connectivity index (χ0n) is 7.70. The van der Waals surface area contributed by atoms with Gasteiger partial charge in [-0.25, -0.2) is 0 Å². The average molecular weight is 184 g/mol. The number of hydrogen-bond acceptors (Lipinski definition) is 3. The molecule has 0 aromatic heterocycles. The number of carbonyl (C=O) groups is 1. The molecule has 3 aliphatic heterocycles. The van der Waals surface area contributed by atoms with Crippen molar-refractivity contribution in [1.29, 1.82) is 0 Å². The molecule has 0 aromatic carbocycles. The maximum Gasteiger partial charge on any atom is 0.317 e. The Morgan fingerprint density at radius 3 is 3.08 bits per heavy atom. The molecule has 3 saturated heterocycles. The van der Waals surface area contributed by atoms with Crippen LogP contribution in [-0.4, -0.2) is 47.7 Å². The smallest absolute Gasteiger partial charge is 0.317 e. The second-order valence-corrected chi connectivity index (χ2v) is 3.99. The van der Waals surface area contributed by atoms with E-state index in [9.17, 15) is 4.79 Å². The summed E-state index contributed by atoms with van der Waals surface area (Å²) >= 11 is 0. The third kappa shape index (κ3) is 2.00. The Balaban J connectivity index is 1.99. The van der Waals surface area contributed by atoms with E-state index in [1.165, 1.54) is 6.42 Å². The van der Waals surface area contributed by atoms with Gasteiger partial charge >= 0.3 is 5.97 Å². The summed E-state index contributed by atoms with van der Waals surface area (Å²) in [5.41, 5.74) is 0. The minimum absolute atomic E-state index is 0.211. The highest BCUT2D eigenvalue weighted by molar-refractivity contribution is 5.69. The number of carboxylic acid groups (broad SMARTS) is 1.